The Morgan fingerprint density at radius 2 is 0.651 bits per heavy atom. The van der Waals surface area contributed by atoms with Gasteiger partial charge in [0.05, 0.1) is 40.3 Å². The smallest absolute Gasteiger partial charge is 0.306 e. The van der Waals surface area contributed by atoms with Gasteiger partial charge in [0.2, 0.25) is 0 Å². The van der Waals surface area contributed by atoms with Crippen molar-refractivity contribution in [1.29, 1.82) is 0 Å². The van der Waals surface area contributed by atoms with Crippen molar-refractivity contribution in [2.75, 3.05) is 47.5 Å². The van der Waals surface area contributed by atoms with Crippen LogP contribution in [0.1, 0.15) is 335 Å². The van der Waals surface area contributed by atoms with Gasteiger partial charge >= 0.3 is 11.9 Å². The van der Waals surface area contributed by atoms with E-state index in [2.05, 4.69) is 74.6 Å². The number of carboxylic acid groups (broad SMARTS) is 1. The summed E-state index contributed by atoms with van der Waals surface area (Å²) in [6.07, 6.45) is 81.7. The zero-order valence-electron chi connectivity index (χ0n) is 55.3. The van der Waals surface area contributed by atoms with Gasteiger partial charge in [0.1, 0.15) is 13.2 Å². The lowest BCUT2D eigenvalue weighted by atomic mass is 10.0. The van der Waals surface area contributed by atoms with E-state index >= 15 is 0 Å². The number of hydrogen-bond acceptors (Lipinski definition) is 8. The third-order valence-electron chi connectivity index (χ3n) is 15.7. The Kier molecular flexibility index (Phi) is 62.6. The molecule has 2 atom stereocenters. The van der Waals surface area contributed by atoms with Crippen LogP contribution in [0, 0.1) is 0 Å². The van der Waals surface area contributed by atoms with Crippen LogP contribution in [0.2, 0.25) is 0 Å². The molecule has 0 saturated carbocycles. The van der Waals surface area contributed by atoms with Gasteiger partial charge in [-0.1, -0.05) is 299 Å². The third kappa shape index (κ3) is 66.4. The summed E-state index contributed by atoms with van der Waals surface area (Å²) in [5.74, 6) is -2.28. The summed E-state index contributed by atoms with van der Waals surface area (Å²) in [4.78, 5) is 37.4. The van der Waals surface area contributed by atoms with E-state index in [1.165, 1.54) is 225 Å². The number of aliphatic carboxylic acids is 1. The SMILES string of the molecule is CCCCCCC/C=C\C/C=C\C/C=C\CCCCCCCCC(=O)OC(COC(=O)CCCCCCCCCCCCCCCCCCCCCCCCCCC/C=C\C/C=C\CCCCCCC)COC(OCC[N+](C)(C)C)C(=O)[O-]. The molecule has 0 fully saturated rings. The van der Waals surface area contributed by atoms with Gasteiger partial charge in [0.15, 0.2) is 12.4 Å². The molecule has 0 aromatic rings. The minimum Gasteiger partial charge on any atom is -0.545 e. The summed E-state index contributed by atoms with van der Waals surface area (Å²) >= 11 is 0. The predicted molar refractivity (Wildman–Crippen MR) is 352 cm³/mol. The largest absolute Gasteiger partial charge is 0.545 e. The van der Waals surface area contributed by atoms with Crippen LogP contribution in [0.4, 0.5) is 0 Å². The summed E-state index contributed by atoms with van der Waals surface area (Å²) < 4.78 is 22.8. The molecule has 0 radical (unpaired) electrons. The molecule has 0 aliphatic rings. The number of ether oxygens (including phenoxy) is 4. The monoisotopic (exact) mass is 1170 g/mol. The van der Waals surface area contributed by atoms with Crippen molar-refractivity contribution in [3.8, 4) is 0 Å². The zero-order chi connectivity index (χ0) is 60.5. The van der Waals surface area contributed by atoms with E-state index in [4.69, 9.17) is 18.9 Å². The number of unbranched alkanes of at least 4 members (excludes halogenated alkanes) is 41. The minimum absolute atomic E-state index is 0.145. The fraction of sp³-hybridized carbons (Fsp3) is 0.824. The van der Waals surface area contributed by atoms with Crippen LogP contribution in [-0.2, 0) is 33.3 Å². The van der Waals surface area contributed by atoms with Gasteiger partial charge in [-0.25, -0.2) is 0 Å². The molecule has 0 aliphatic heterocycles. The second-order valence-corrected chi connectivity index (χ2v) is 25.2. The van der Waals surface area contributed by atoms with Crippen LogP contribution in [0.5, 0.6) is 0 Å². The maximum absolute atomic E-state index is 12.9. The van der Waals surface area contributed by atoms with Crippen molar-refractivity contribution in [1.82, 2.24) is 0 Å². The van der Waals surface area contributed by atoms with E-state index in [0.29, 0.717) is 23.9 Å². The van der Waals surface area contributed by atoms with E-state index in [-0.39, 0.29) is 32.2 Å². The highest BCUT2D eigenvalue weighted by atomic mass is 16.7. The molecule has 9 heteroatoms. The molecule has 0 spiro atoms. The minimum atomic E-state index is -1.63. The Morgan fingerprint density at radius 3 is 0.964 bits per heavy atom. The van der Waals surface area contributed by atoms with E-state index < -0.39 is 24.3 Å². The van der Waals surface area contributed by atoms with Crippen LogP contribution < -0.4 is 5.11 Å². The van der Waals surface area contributed by atoms with Gasteiger partial charge in [-0.05, 0) is 83.5 Å². The summed E-state index contributed by atoms with van der Waals surface area (Å²) in [5.41, 5.74) is 0. The molecule has 2 unspecified atom stereocenters. The van der Waals surface area contributed by atoms with Crippen LogP contribution >= 0.6 is 0 Å². The lowest BCUT2D eigenvalue weighted by Crippen LogP contribution is -2.44. The number of carbonyl (C=O) groups is 3. The fourth-order valence-electron chi connectivity index (χ4n) is 10.3. The van der Waals surface area contributed by atoms with Crippen LogP contribution in [0.3, 0.4) is 0 Å². The van der Waals surface area contributed by atoms with E-state index in [1.807, 2.05) is 21.1 Å². The zero-order valence-corrected chi connectivity index (χ0v) is 55.3. The van der Waals surface area contributed by atoms with Crippen molar-refractivity contribution < 1.29 is 42.9 Å². The Balaban J connectivity index is 4.02. The van der Waals surface area contributed by atoms with E-state index in [0.717, 1.165) is 77.0 Å². The number of quaternary nitrogens is 1. The molecule has 0 saturated heterocycles. The molecule has 0 aromatic carbocycles. The number of carboxylic acids is 1. The summed E-state index contributed by atoms with van der Waals surface area (Å²) in [7, 11) is 5.93. The Morgan fingerprint density at radius 1 is 0.361 bits per heavy atom. The van der Waals surface area contributed by atoms with Gasteiger partial charge in [-0.15, -0.1) is 0 Å². The van der Waals surface area contributed by atoms with Crippen molar-refractivity contribution >= 4 is 17.9 Å². The van der Waals surface area contributed by atoms with Crippen LogP contribution in [-0.4, -0.2) is 82.3 Å². The molecule has 0 amide bonds. The molecular weight excluding hydrogens is 1030 g/mol. The standard InChI is InChI=1S/C74H135NO8/c1-6-8-10-12-14-16-18-20-22-24-26-28-29-30-31-32-33-34-35-36-37-38-39-40-41-42-43-45-46-48-50-52-54-56-58-60-62-64-71(76)81-68-70(69-82-74(73(78)79)80-67-66-75(3,4)5)83-72(77)65-63-61-59-57-55-53-51-49-47-44-27-25-23-21-19-17-15-13-11-9-7-2/h18-21,24-27,47,49,70,74H,6-17,22-23,28-46,48,50-69H2,1-5H3/b20-18-,21-19-,26-24-,27-25-,49-47-. The number of nitrogens with zero attached hydrogens (tertiary/aromatic N) is 1. The van der Waals surface area contributed by atoms with Crippen LogP contribution in [0.25, 0.3) is 0 Å². The lowest BCUT2D eigenvalue weighted by Gasteiger charge is -2.26. The highest BCUT2D eigenvalue weighted by Gasteiger charge is 2.22. The number of carbonyl (C=O) groups excluding carboxylic acids is 3. The summed E-state index contributed by atoms with van der Waals surface area (Å²) in [6.45, 7) is 4.75. The molecule has 83 heavy (non-hydrogen) atoms. The number of hydrogen-bond donors (Lipinski definition) is 0. The molecule has 0 aliphatic carbocycles. The molecule has 0 aromatic heterocycles. The second-order valence-electron chi connectivity index (χ2n) is 25.2. The Labute approximate surface area is 514 Å². The molecule has 0 heterocycles. The molecule has 0 rings (SSSR count). The average molecular weight is 1170 g/mol. The van der Waals surface area contributed by atoms with Crippen molar-refractivity contribution in [3.05, 3.63) is 60.8 Å². The fourth-order valence-corrected chi connectivity index (χ4v) is 10.3. The highest BCUT2D eigenvalue weighted by molar-refractivity contribution is 5.70. The second kappa shape index (κ2) is 65.0. The normalized spacial score (nSPS) is 13.0. The van der Waals surface area contributed by atoms with Gasteiger partial charge in [0.25, 0.3) is 0 Å². The Bertz CT molecular complexity index is 1550. The molecule has 9 nitrogen and oxygen atoms in total. The van der Waals surface area contributed by atoms with Gasteiger partial charge < -0.3 is 33.3 Å². The first-order valence-electron chi connectivity index (χ1n) is 35.4. The number of esters is 2. The third-order valence-corrected chi connectivity index (χ3v) is 15.7. The van der Waals surface area contributed by atoms with Crippen LogP contribution in [0.15, 0.2) is 60.8 Å². The Hall–Kier alpha value is -3.01. The first-order chi connectivity index (χ1) is 40.6. The number of allylic oxidation sites excluding steroid dienone is 10. The van der Waals surface area contributed by atoms with Gasteiger partial charge in [-0.2, -0.15) is 0 Å². The lowest BCUT2D eigenvalue weighted by molar-refractivity contribution is -0.870. The summed E-state index contributed by atoms with van der Waals surface area (Å²) in [6, 6.07) is 0. The first-order valence-corrected chi connectivity index (χ1v) is 35.4. The molecular formula is C74H135NO8. The predicted octanol–water partition coefficient (Wildman–Crippen LogP) is 20.6. The first kappa shape index (κ1) is 80.0. The van der Waals surface area contributed by atoms with E-state index in [1.54, 1.807) is 0 Å². The van der Waals surface area contributed by atoms with Crippen molar-refractivity contribution in [3.63, 3.8) is 0 Å². The highest BCUT2D eigenvalue weighted by Crippen LogP contribution is 2.18. The topological polar surface area (TPSA) is 111 Å². The number of likely N-dealkylation sites (N-methyl/N-ethyl adjacent to an activating group) is 1. The van der Waals surface area contributed by atoms with Gasteiger partial charge in [0, 0.05) is 12.8 Å². The summed E-state index contributed by atoms with van der Waals surface area (Å²) in [5, 5.41) is 11.8. The molecule has 484 valence electrons. The molecule has 0 bridgehead atoms. The average Bonchev–Trinajstić information content (AvgIpc) is 3.46. The quantitative estimate of drug-likeness (QED) is 0.0195. The maximum atomic E-state index is 12.9. The number of rotatable bonds is 66. The van der Waals surface area contributed by atoms with E-state index in [9.17, 15) is 19.5 Å². The van der Waals surface area contributed by atoms with Gasteiger partial charge in [-0.3, -0.25) is 9.59 Å². The maximum Gasteiger partial charge on any atom is 0.306 e. The van der Waals surface area contributed by atoms with Crippen molar-refractivity contribution in [2.24, 2.45) is 0 Å². The van der Waals surface area contributed by atoms with Crippen molar-refractivity contribution in [2.45, 2.75) is 347 Å². The molecule has 0 N–H and O–H groups in total.